The molecule has 0 unspecified atom stereocenters. The van der Waals surface area contributed by atoms with E-state index >= 15 is 0 Å². The summed E-state index contributed by atoms with van der Waals surface area (Å²) in [6, 6.07) is 27.5. The van der Waals surface area contributed by atoms with Crippen LogP contribution >= 0.6 is 0 Å². The van der Waals surface area contributed by atoms with Gasteiger partial charge < -0.3 is 20.4 Å². The largest absolute Gasteiger partial charge is 0.505 e. The lowest BCUT2D eigenvalue weighted by molar-refractivity contribution is 0.347. The molecular weight excluding hydrogens is 465 g/mol. The zero-order valence-corrected chi connectivity index (χ0v) is 19.3. The molecule has 0 saturated heterocycles. The van der Waals surface area contributed by atoms with Crippen molar-refractivity contribution in [3.8, 4) is 34.4 Å². The van der Waals surface area contributed by atoms with Crippen LogP contribution in [0, 0.1) is 0 Å². The Morgan fingerprint density at radius 2 is 1.05 bits per heavy atom. The second kappa shape index (κ2) is 7.45. The van der Waals surface area contributed by atoms with E-state index in [-0.39, 0.29) is 11.2 Å². The third kappa shape index (κ3) is 2.75. The number of aromatic hydroxyl groups is 4. The molecular formula is C29H18BN3O4. The molecule has 0 saturated carbocycles. The zero-order valence-electron chi connectivity index (χ0n) is 19.3. The summed E-state index contributed by atoms with van der Waals surface area (Å²) in [4.78, 5) is 5.10. The highest BCUT2D eigenvalue weighted by Crippen LogP contribution is 2.46. The van der Waals surface area contributed by atoms with Gasteiger partial charge in [-0.3, -0.25) is 9.13 Å². The fourth-order valence-electron chi connectivity index (χ4n) is 5.25. The topological polar surface area (TPSA) is 104 Å². The number of phenols is 4. The molecule has 4 aromatic carbocycles. The Labute approximate surface area is 211 Å². The SMILES string of the molecule is [B]c1c(O)c(O)c(O)c(O)c1-n1c2ccccc2c2cc3c4ccccc4n(-c4ccccc4)c3nc21. The number of aromatic nitrogens is 3. The van der Waals surface area contributed by atoms with Gasteiger partial charge in [-0.2, -0.15) is 0 Å². The lowest BCUT2D eigenvalue weighted by Crippen LogP contribution is -2.14. The van der Waals surface area contributed by atoms with Crippen LogP contribution in [0.2, 0.25) is 0 Å². The van der Waals surface area contributed by atoms with Gasteiger partial charge in [0.05, 0.1) is 16.7 Å². The number of hydrogen-bond donors (Lipinski definition) is 4. The Morgan fingerprint density at radius 1 is 0.541 bits per heavy atom. The number of nitrogens with zero attached hydrogens (tertiary/aromatic N) is 3. The van der Waals surface area contributed by atoms with Crippen molar-refractivity contribution in [2.45, 2.75) is 0 Å². The Bertz CT molecular complexity index is 2020. The molecule has 8 heteroatoms. The Balaban J connectivity index is 1.72. The van der Waals surface area contributed by atoms with Gasteiger partial charge in [0.2, 0.25) is 11.5 Å². The minimum atomic E-state index is -0.890. The molecule has 3 heterocycles. The highest BCUT2D eigenvalue weighted by Gasteiger charge is 2.26. The molecule has 0 fully saturated rings. The van der Waals surface area contributed by atoms with E-state index in [0.717, 1.165) is 32.7 Å². The molecule has 0 atom stereocenters. The van der Waals surface area contributed by atoms with Crippen molar-refractivity contribution in [1.29, 1.82) is 0 Å². The standard InChI is InChI=1S/C29H18BN3O4/c30-22-23(25(35)27(37)26(36)24(22)34)33-21-13-7-5-11-17(21)19-14-18-16-10-4-6-12-20(16)32(28(18)31-29(19)33)15-8-2-1-3-9-15/h1-14,34-37H. The average molecular weight is 483 g/mol. The summed E-state index contributed by atoms with van der Waals surface area (Å²) in [5.41, 5.74) is 3.36. The molecule has 7 aromatic rings. The predicted octanol–water partition coefficient (Wildman–Crippen LogP) is 4.89. The van der Waals surface area contributed by atoms with Crippen LogP contribution in [0.4, 0.5) is 0 Å². The van der Waals surface area contributed by atoms with Gasteiger partial charge >= 0.3 is 0 Å². The van der Waals surface area contributed by atoms with Gasteiger partial charge in [0, 0.05) is 27.2 Å². The van der Waals surface area contributed by atoms with Gasteiger partial charge in [0.1, 0.15) is 19.1 Å². The summed E-state index contributed by atoms with van der Waals surface area (Å²) in [5, 5.41) is 45.3. The van der Waals surface area contributed by atoms with E-state index in [4.69, 9.17) is 12.8 Å². The van der Waals surface area contributed by atoms with E-state index in [2.05, 4.69) is 16.7 Å². The first kappa shape index (κ1) is 21.2. The second-order valence-electron chi connectivity index (χ2n) is 8.93. The second-order valence-corrected chi connectivity index (χ2v) is 8.93. The third-order valence-electron chi connectivity index (χ3n) is 6.92. The van der Waals surface area contributed by atoms with E-state index < -0.39 is 23.0 Å². The summed E-state index contributed by atoms with van der Waals surface area (Å²) in [7, 11) is 6.19. The van der Waals surface area contributed by atoms with Gasteiger partial charge in [-0.15, -0.1) is 0 Å². The van der Waals surface area contributed by atoms with Crippen molar-refractivity contribution in [3.05, 3.63) is 84.9 Å². The van der Waals surface area contributed by atoms with Gasteiger partial charge in [0.25, 0.3) is 0 Å². The fraction of sp³-hybridized carbons (Fsp3) is 0. The van der Waals surface area contributed by atoms with Crippen molar-refractivity contribution in [2.75, 3.05) is 0 Å². The van der Waals surface area contributed by atoms with E-state index in [1.165, 1.54) is 0 Å². The minimum absolute atomic E-state index is 0.0757. The molecule has 0 bridgehead atoms. The quantitative estimate of drug-likeness (QED) is 0.159. The van der Waals surface area contributed by atoms with E-state index in [0.29, 0.717) is 16.8 Å². The first-order valence-electron chi connectivity index (χ1n) is 11.6. The van der Waals surface area contributed by atoms with Crippen molar-refractivity contribution in [2.24, 2.45) is 0 Å². The Hall–Kier alpha value is -5.11. The Morgan fingerprint density at radius 3 is 1.70 bits per heavy atom. The highest BCUT2D eigenvalue weighted by atomic mass is 16.3. The van der Waals surface area contributed by atoms with Crippen molar-refractivity contribution in [1.82, 2.24) is 14.1 Å². The maximum absolute atomic E-state index is 10.9. The van der Waals surface area contributed by atoms with E-state index in [9.17, 15) is 20.4 Å². The molecule has 0 aliphatic carbocycles. The highest BCUT2D eigenvalue weighted by molar-refractivity contribution is 6.38. The number of pyridine rings is 1. The van der Waals surface area contributed by atoms with Gasteiger partial charge in [-0.05, 0) is 35.8 Å². The molecule has 3 aromatic heterocycles. The molecule has 4 N–H and O–H groups in total. The van der Waals surface area contributed by atoms with Crippen LogP contribution < -0.4 is 5.46 Å². The molecule has 7 nitrogen and oxygen atoms in total. The van der Waals surface area contributed by atoms with Crippen molar-refractivity contribution >= 4 is 57.2 Å². The maximum atomic E-state index is 10.9. The molecule has 0 aliphatic heterocycles. The van der Waals surface area contributed by atoms with Crippen LogP contribution in [-0.2, 0) is 0 Å². The summed E-state index contributed by atoms with van der Waals surface area (Å²) in [6.45, 7) is 0. The lowest BCUT2D eigenvalue weighted by Gasteiger charge is -2.16. The molecule has 0 spiro atoms. The first-order valence-corrected chi connectivity index (χ1v) is 11.6. The van der Waals surface area contributed by atoms with Crippen LogP contribution in [0.5, 0.6) is 23.0 Å². The van der Waals surface area contributed by atoms with Crippen LogP contribution in [0.3, 0.4) is 0 Å². The first-order chi connectivity index (χ1) is 18.0. The van der Waals surface area contributed by atoms with Crippen molar-refractivity contribution in [3.63, 3.8) is 0 Å². The maximum Gasteiger partial charge on any atom is 0.206 e. The van der Waals surface area contributed by atoms with Gasteiger partial charge in [-0.25, -0.2) is 4.98 Å². The molecule has 0 amide bonds. The van der Waals surface area contributed by atoms with E-state index in [1.807, 2.05) is 72.8 Å². The summed E-state index contributed by atoms with van der Waals surface area (Å²) >= 11 is 0. The normalized spacial score (nSPS) is 11.8. The number of hydrogen-bond acceptors (Lipinski definition) is 5. The molecule has 0 aliphatic rings. The molecule has 176 valence electrons. The molecule has 7 rings (SSSR count). The molecule has 2 radical (unpaired) electrons. The van der Waals surface area contributed by atoms with E-state index in [1.54, 1.807) is 4.57 Å². The third-order valence-corrected chi connectivity index (χ3v) is 6.92. The zero-order chi connectivity index (χ0) is 25.4. The number of benzene rings is 4. The Kier molecular flexibility index (Phi) is 4.27. The monoisotopic (exact) mass is 483 g/mol. The minimum Gasteiger partial charge on any atom is -0.505 e. The summed E-state index contributed by atoms with van der Waals surface area (Å²) in [6.07, 6.45) is 0. The summed E-state index contributed by atoms with van der Waals surface area (Å²) in [5.74, 6) is -3.15. The van der Waals surface area contributed by atoms with Crippen LogP contribution in [-0.4, -0.2) is 42.4 Å². The average Bonchev–Trinajstić information content (AvgIpc) is 3.43. The summed E-state index contributed by atoms with van der Waals surface area (Å²) < 4.78 is 3.67. The van der Waals surface area contributed by atoms with Gasteiger partial charge in [0.15, 0.2) is 11.5 Å². The number of rotatable bonds is 2. The van der Waals surface area contributed by atoms with Crippen LogP contribution in [0.1, 0.15) is 0 Å². The van der Waals surface area contributed by atoms with Gasteiger partial charge in [-0.1, -0.05) is 54.6 Å². The molecule has 37 heavy (non-hydrogen) atoms. The lowest BCUT2D eigenvalue weighted by atomic mass is 9.91. The van der Waals surface area contributed by atoms with Crippen molar-refractivity contribution < 1.29 is 20.4 Å². The number of fused-ring (bicyclic) bond motifs is 6. The van der Waals surface area contributed by atoms with Crippen LogP contribution in [0.25, 0.3) is 55.2 Å². The fourth-order valence-corrected chi connectivity index (χ4v) is 5.25. The van der Waals surface area contributed by atoms with Crippen LogP contribution in [0.15, 0.2) is 84.9 Å². The number of phenolic OH excluding ortho intramolecular Hbond substituents is 4. The number of para-hydroxylation sites is 3. The smallest absolute Gasteiger partial charge is 0.206 e. The predicted molar refractivity (Wildman–Crippen MR) is 145 cm³/mol.